The molecule has 0 bridgehead atoms. The van der Waals surface area contributed by atoms with Gasteiger partial charge in [-0.1, -0.05) is 40.2 Å². The van der Waals surface area contributed by atoms with Crippen molar-refractivity contribution in [3.8, 4) is 0 Å². The molecular formula is C19H21BrFN2O+. The Morgan fingerprint density at radius 2 is 1.83 bits per heavy atom. The Hall–Kier alpha value is -1.98. The highest BCUT2D eigenvalue weighted by molar-refractivity contribution is 9.10. The van der Waals surface area contributed by atoms with Crippen LogP contribution in [0.4, 0.5) is 4.39 Å². The number of nitrogens with one attached hydrogen (secondary N) is 2. The summed E-state index contributed by atoms with van der Waals surface area (Å²) < 4.78 is 14.4. The van der Waals surface area contributed by atoms with Gasteiger partial charge in [0.2, 0.25) is 5.91 Å². The number of carbonyl (C=O) groups is 1. The lowest BCUT2D eigenvalue weighted by Gasteiger charge is -2.08. The van der Waals surface area contributed by atoms with Gasteiger partial charge in [0, 0.05) is 28.2 Å². The summed E-state index contributed by atoms with van der Waals surface area (Å²) in [6.07, 6.45) is 2.81. The topological polar surface area (TPSA) is 33.5 Å². The first kappa shape index (κ1) is 18.4. The molecule has 0 saturated carbocycles. The molecule has 2 aromatic carbocycles. The van der Waals surface area contributed by atoms with Crippen molar-refractivity contribution in [2.75, 3.05) is 14.1 Å². The minimum Gasteiger partial charge on any atom is -0.348 e. The van der Waals surface area contributed by atoms with E-state index >= 15 is 0 Å². The third kappa shape index (κ3) is 5.91. The van der Waals surface area contributed by atoms with Crippen LogP contribution in [0.1, 0.15) is 16.7 Å². The number of amides is 1. The highest BCUT2D eigenvalue weighted by Gasteiger charge is 2.02. The number of carbonyl (C=O) groups excluding carboxylic acids is 1. The summed E-state index contributed by atoms with van der Waals surface area (Å²) in [6.45, 7) is 1.41. The lowest BCUT2D eigenvalue weighted by Crippen LogP contribution is -3.04. The van der Waals surface area contributed by atoms with Crippen LogP contribution in [0.25, 0.3) is 6.08 Å². The van der Waals surface area contributed by atoms with Gasteiger partial charge >= 0.3 is 0 Å². The predicted molar refractivity (Wildman–Crippen MR) is 97.9 cm³/mol. The normalized spacial score (nSPS) is 11.2. The van der Waals surface area contributed by atoms with Crippen LogP contribution in [-0.4, -0.2) is 20.0 Å². The molecule has 1 amide bonds. The van der Waals surface area contributed by atoms with Crippen molar-refractivity contribution in [1.82, 2.24) is 5.32 Å². The van der Waals surface area contributed by atoms with Gasteiger partial charge in [0.05, 0.1) is 14.1 Å². The van der Waals surface area contributed by atoms with Crippen molar-refractivity contribution < 1.29 is 14.1 Å². The van der Waals surface area contributed by atoms with Gasteiger partial charge in [-0.25, -0.2) is 4.39 Å². The Kier molecular flexibility index (Phi) is 6.70. The van der Waals surface area contributed by atoms with Gasteiger partial charge in [-0.2, -0.15) is 0 Å². The summed E-state index contributed by atoms with van der Waals surface area (Å²) in [5, 5.41) is 2.80. The Bertz CT molecular complexity index is 727. The molecule has 0 unspecified atom stereocenters. The first-order valence-corrected chi connectivity index (χ1v) is 8.51. The second kappa shape index (κ2) is 8.76. The minimum atomic E-state index is -0.360. The number of hydrogen-bond acceptors (Lipinski definition) is 1. The van der Waals surface area contributed by atoms with Crippen LogP contribution in [0.5, 0.6) is 0 Å². The Labute approximate surface area is 150 Å². The van der Waals surface area contributed by atoms with Crippen LogP contribution in [0.3, 0.4) is 0 Å². The third-order valence-corrected chi connectivity index (χ3v) is 3.91. The molecule has 0 spiro atoms. The smallest absolute Gasteiger partial charge is 0.244 e. The lowest BCUT2D eigenvalue weighted by molar-refractivity contribution is -0.872. The zero-order valence-electron chi connectivity index (χ0n) is 13.8. The molecule has 0 aliphatic carbocycles. The molecule has 0 heterocycles. The molecule has 2 aromatic rings. The second-order valence-corrected chi connectivity index (χ2v) is 6.83. The number of rotatable bonds is 6. The van der Waals surface area contributed by atoms with Crippen molar-refractivity contribution in [3.63, 3.8) is 0 Å². The molecule has 3 nitrogen and oxygen atoms in total. The molecular weight excluding hydrogens is 371 g/mol. The summed E-state index contributed by atoms with van der Waals surface area (Å²) in [4.78, 5) is 13.2. The second-order valence-electron chi connectivity index (χ2n) is 5.92. The fourth-order valence-corrected chi connectivity index (χ4v) is 2.62. The zero-order valence-corrected chi connectivity index (χ0v) is 15.4. The van der Waals surface area contributed by atoms with Crippen molar-refractivity contribution in [3.05, 3.63) is 75.5 Å². The van der Waals surface area contributed by atoms with E-state index < -0.39 is 0 Å². The number of quaternary nitrogens is 1. The number of benzene rings is 2. The standard InChI is InChI=1S/C19H20BrFN2O/c1-23(2)13-15-5-3-14(4-6-15)12-22-19(24)10-7-16-11-17(20)8-9-18(16)21/h3-11H,12-13H2,1-2H3,(H,22,24)/p+1/b10-7+. The van der Waals surface area contributed by atoms with Gasteiger partial charge in [0.1, 0.15) is 12.4 Å². The monoisotopic (exact) mass is 391 g/mol. The van der Waals surface area contributed by atoms with E-state index in [-0.39, 0.29) is 11.7 Å². The molecule has 24 heavy (non-hydrogen) atoms. The van der Waals surface area contributed by atoms with Gasteiger partial charge in [-0.15, -0.1) is 0 Å². The summed E-state index contributed by atoms with van der Waals surface area (Å²) in [5.41, 5.74) is 2.66. The fourth-order valence-electron chi connectivity index (χ4n) is 2.24. The summed E-state index contributed by atoms with van der Waals surface area (Å²) >= 11 is 3.28. The van der Waals surface area contributed by atoms with Gasteiger partial charge < -0.3 is 10.2 Å². The first-order chi connectivity index (χ1) is 11.4. The van der Waals surface area contributed by atoms with Gasteiger partial charge in [0.15, 0.2) is 0 Å². The highest BCUT2D eigenvalue weighted by Crippen LogP contribution is 2.16. The minimum absolute atomic E-state index is 0.254. The largest absolute Gasteiger partial charge is 0.348 e. The van der Waals surface area contributed by atoms with Crippen LogP contribution in [-0.2, 0) is 17.9 Å². The van der Waals surface area contributed by atoms with E-state index in [0.29, 0.717) is 12.1 Å². The van der Waals surface area contributed by atoms with Crippen molar-refractivity contribution in [1.29, 1.82) is 0 Å². The average molecular weight is 392 g/mol. The third-order valence-electron chi connectivity index (χ3n) is 3.42. The van der Waals surface area contributed by atoms with Crippen LogP contribution < -0.4 is 10.2 Å². The predicted octanol–water partition coefficient (Wildman–Crippen LogP) is 2.56. The van der Waals surface area contributed by atoms with E-state index in [4.69, 9.17) is 0 Å². The summed E-state index contributed by atoms with van der Waals surface area (Å²) in [7, 11) is 4.21. The fraction of sp³-hybridized carbons (Fsp3) is 0.211. The Balaban J connectivity index is 1.88. The average Bonchev–Trinajstić information content (AvgIpc) is 2.54. The van der Waals surface area contributed by atoms with Crippen molar-refractivity contribution in [2.24, 2.45) is 0 Å². The van der Waals surface area contributed by atoms with E-state index in [0.717, 1.165) is 16.6 Å². The van der Waals surface area contributed by atoms with Gasteiger partial charge in [-0.05, 0) is 29.8 Å². The van der Waals surface area contributed by atoms with E-state index in [1.165, 1.54) is 28.7 Å². The molecule has 2 N–H and O–H groups in total. The van der Waals surface area contributed by atoms with Crippen LogP contribution in [0.15, 0.2) is 53.0 Å². The quantitative estimate of drug-likeness (QED) is 0.728. The first-order valence-electron chi connectivity index (χ1n) is 7.72. The maximum Gasteiger partial charge on any atom is 0.244 e. The van der Waals surface area contributed by atoms with Gasteiger partial charge in [-0.3, -0.25) is 4.79 Å². The maximum absolute atomic E-state index is 13.6. The molecule has 0 fully saturated rings. The SMILES string of the molecule is C[NH+](C)Cc1ccc(CNC(=O)/C=C/c2cc(Br)ccc2F)cc1. The molecule has 0 atom stereocenters. The molecule has 2 rings (SSSR count). The van der Waals surface area contributed by atoms with Crippen LogP contribution >= 0.6 is 15.9 Å². The number of hydrogen-bond donors (Lipinski definition) is 2. The molecule has 126 valence electrons. The number of halogens is 2. The Morgan fingerprint density at radius 1 is 1.17 bits per heavy atom. The van der Waals surface area contributed by atoms with Crippen molar-refractivity contribution >= 4 is 27.9 Å². The molecule has 0 saturated heterocycles. The summed E-state index contributed by atoms with van der Waals surface area (Å²) in [6, 6.07) is 12.8. The van der Waals surface area contributed by atoms with Crippen molar-refractivity contribution in [2.45, 2.75) is 13.1 Å². The molecule has 5 heteroatoms. The van der Waals surface area contributed by atoms with Crippen LogP contribution in [0.2, 0.25) is 0 Å². The summed E-state index contributed by atoms with van der Waals surface area (Å²) in [5.74, 6) is -0.614. The highest BCUT2D eigenvalue weighted by atomic mass is 79.9. The molecule has 0 aromatic heterocycles. The van der Waals surface area contributed by atoms with E-state index in [9.17, 15) is 9.18 Å². The molecule has 0 aliphatic heterocycles. The molecule has 0 aliphatic rings. The van der Waals surface area contributed by atoms with E-state index in [1.54, 1.807) is 12.1 Å². The van der Waals surface area contributed by atoms with E-state index in [2.05, 4.69) is 47.5 Å². The Morgan fingerprint density at radius 3 is 2.50 bits per heavy atom. The van der Waals surface area contributed by atoms with Crippen LogP contribution in [0, 0.1) is 5.82 Å². The van der Waals surface area contributed by atoms with Gasteiger partial charge in [0.25, 0.3) is 0 Å². The maximum atomic E-state index is 13.6. The zero-order chi connectivity index (χ0) is 17.5. The molecule has 0 radical (unpaired) electrons. The van der Waals surface area contributed by atoms with E-state index in [1.807, 2.05) is 12.1 Å². The lowest BCUT2D eigenvalue weighted by atomic mass is 10.1.